The zero-order chi connectivity index (χ0) is 30.2. The van der Waals surface area contributed by atoms with Crippen LogP contribution in [0.15, 0.2) is 91.0 Å². The molecular formula is C33H32N4O5. The molecule has 0 aromatic heterocycles. The van der Waals surface area contributed by atoms with Crippen molar-refractivity contribution in [3.05, 3.63) is 119 Å². The number of amidine groups is 1. The number of carbonyl (C=O) groups excluding carboxylic acids is 2. The monoisotopic (exact) mass is 564 g/mol. The van der Waals surface area contributed by atoms with Crippen LogP contribution >= 0.6 is 0 Å². The van der Waals surface area contributed by atoms with Gasteiger partial charge in [0.25, 0.3) is 11.8 Å². The van der Waals surface area contributed by atoms with E-state index in [0.717, 1.165) is 5.56 Å². The minimum atomic E-state index is -1.22. The van der Waals surface area contributed by atoms with Gasteiger partial charge in [0.15, 0.2) is 0 Å². The molecule has 0 fully saturated rings. The van der Waals surface area contributed by atoms with Crippen molar-refractivity contribution >= 4 is 29.3 Å². The van der Waals surface area contributed by atoms with Crippen molar-refractivity contribution in [2.45, 2.75) is 20.5 Å². The molecule has 9 nitrogen and oxygen atoms in total. The minimum absolute atomic E-state index is 0.102. The molecule has 0 saturated heterocycles. The number of nitrogens with one attached hydrogen (secondary N) is 3. The van der Waals surface area contributed by atoms with E-state index in [1.165, 1.54) is 12.1 Å². The maximum Gasteiger partial charge on any atom is 0.336 e. The number of ether oxygens (including phenoxy) is 1. The predicted molar refractivity (Wildman–Crippen MR) is 162 cm³/mol. The maximum atomic E-state index is 13.5. The van der Waals surface area contributed by atoms with Gasteiger partial charge in [-0.05, 0) is 52.9 Å². The highest BCUT2D eigenvalue weighted by Crippen LogP contribution is 2.30. The van der Waals surface area contributed by atoms with E-state index >= 15 is 0 Å². The molecule has 0 atom stereocenters. The Morgan fingerprint density at radius 3 is 2.21 bits per heavy atom. The summed E-state index contributed by atoms with van der Waals surface area (Å²) in [6, 6.07) is 25.3. The maximum absolute atomic E-state index is 13.5. The molecule has 9 heteroatoms. The van der Waals surface area contributed by atoms with Crippen LogP contribution in [-0.2, 0) is 6.61 Å². The van der Waals surface area contributed by atoms with E-state index in [-0.39, 0.29) is 41.0 Å². The second-order valence-electron chi connectivity index (χ2n) is 10.1. The predicted octanol–water partition coefficient (Wildman–Crippen LogP) is 5.55. The van der Waals surface area contributed by atoms with Crippen molar-refractivity contribution in [3.8, 4) is 16.9 Å². The number of amides is 2. The van der Waals surface area contributed by atoms with Crippen molar-refractivity contribution in [1.29, 1.82) is 5.41 Å². The van der Waals surface area contributed by atoms with Gasteiger partial charge < -0.3 is 26.2 Å². The fourth-order valence-electron chi connectivity index (χ4n) is 4.29. The summed E-state index contributed by atoms with van der Waals surface area (Å²) in [7, 11) is 0. The molecule has 0 aliphatic rings. The number of carbonyl (C=O) groups is 3. The second kappa shape index (κ2) is 13.3. The molecule has 0 saturated carbocycles. The number of hydrogen-bond donors (Lipinski definition) is 5. The number of carboxylic acids is 1. The van der Waals surface area contributed by atoms with Gasteiger partial charge in [0.2, 0.25) is 0 Å². The molecule has 42 heavy (non-hydrogen) atoms. The van der Waals surface area contributed by atoms with Gasteiger partial charge in [-0.15, -0.1) is 0 Å². The van der Waals surface area contributed by atoms with E-state index in [4.69, 9.17) is 15.9 Å². The van der Waals surface area contributed by atoms with Crippen LogP contribution in [-0.4, -0.2) is 35.3 Å². The molecule has 6 N–H and O–H groups in total. The van der Waals surface area contributed by atoms with Crippen LogP contribution in [0.25, 0.3) is 11.1 Å². The summed E-state index contributed by atoms with van der Waals surface area (Å²) < 4.78 is 5.94. The molecule has 4 aromatic carbocycles. The lowest BCUT2D eigenvalue weighted by Gasteiger charge is -2.15. The van der Waals surface area contributed by atoms with Crippen molar-refractivity contribution < 1.29 is 24.2 Å². The van der Waals surface area contributed by atoms with Crippen LogP contribution in [0, 0.1) is 11.3 Å². The third kappa shape index (κ3) is 7.19. The number of anilines is 1. The Morgan fingerprint density at radius 1 is 0.833 bits per heavy atom. The SMILES string of the molecule is CC(C)CNC(=O)c1ccc(-c2ccccc2C(=O)Nc2ccc(C(=N)N)c(OCc3ccccc3)c2)c(C(=O)O)c1. The van der Waals surface area contributed by atoms with E-state index in [1.807, 2.05) is 44.2 Å². The van der Waals surface area contributed by atoms with Crippen molar-refractivity contribution in [2.75, 3.05) is 11.9 Å². The molecular weight excluding hydrogens is 532 g/mol. The molecule has 0 radical (unpaired) electrons. The highest BCUT2D eigenvalue weighted by Gasteiger charge is 2.21. The summed E-state index contributed by atoms with van der Waals surface area (Å²) in [6.07, 6.45) is 0. The first-order valence-corrected chi connectivity index (χ1v) is 13.4. The largest absolute Gasteiger partial charge is 0.488 e. The summed E-state index contributed by atoms with van der Waals surface area (Å²) in [5, 5.41) is 23.5. The Morgan fingerprint density at radius 2 is 1.52 bits per heavy atom. The third-order valence-electron chi connectivity index (χ3n) is 6.41. The second-order valence-corrected chi connectivity index (χ2v) is 10.1. The van der Waals surface area contributed by atoms with Gasteiger partial charge in [0, 0.05) is 29.4 Å². The van der Waals surface area contributed by atoms with Gasteiger partial charge in [-0.3, -0.25) is 15.0 Å². The lowest BCUT2D eigenvalue weighted by molar-refractivity contribution is 0.0697. The van der Waals surface area contributed by atoms with Gasteiger partial charge in [-0.25, -0.2) is 4.79 Å². The number of aromatic carboxylic acids is 1. The lowest BCUT2D eigenvalue weighted by Crippen LogP contribution is -2.27. The lowest BCUT2D eigenvalue weighted by atomic mass is 9.93. The first-order chi connectivity index (χ1) is 20.1. The van der Waals surface area contributed by atoms with E-state index in [1.54, 1.807) is 48.5 Å². The van der Waals surface area contributed by atoms with Crippen LogP contribution in [0.1, 0.15) is 56.0 Å². The van der Waals surface area contributed by atoms with Gasteiger partial charge in [0.1, 0.15) is 18.2 Å². The van der Waals surface area contributed by atoms with Crippen molar-refractivity contribution in [1.82, 2.24) is 5.32 Å². The quantitative estimate of drug-likeness (QED) is 0.119. The molecule has 0 spiro atoms. The molecule has 0 heterocycles. The van der Waals surface area contributed by atoms with Gasteiger partial charge in [0.05, 0.1) is 11.1 Å². The molecule has 0 aliphatic carbocycles. The third-order valence-corrected chi connectivity index (χ3v) is 6.41. The number of benzene rings is 4. The van der Waals surface area contributed by atoms with E-state index in [9.17, 15) is 19.5 Å². The van der Waals surface area contributed by atoms with Crippen LogP contribution in [0.4, 0.5) is 5.69 Å². The zero-order valence-electron chi connectivity index (χ0n) is 23.3. The Bertz CT molecular complexity index is 1630. The first kappa shape index (κ1) is 29.5. The number of hydrogen-bond acceptors (Lipinski definition) is 5. The number of carboxylic acid groups (broad SMARTS) is 1. The van der Waals surface area contributed by atoms with Crippen LogP contribution < -0.4 is 21.1 Å². The van der Waals surface area contributed by atoms with E-state index in [2.05, 4.69) is 10.6 Å². The van der Waals surface area contributed by atoms with E-state index < -0.39 is 11.9 Å². The molecule has 2 amide bonds. The molecule has 0 unspecified atom stereocenters. The Hall–Kier alpha value is -5.44. The number of nitrogens with two attached hydrogens (primary N) is 1. The Balaban J connectivity index is 1.62. The fourth-order valence-corrected chi connectivity index (χ4v) is 4.29. The topological polar surface area (TPSA) is 155 Å². The van der Waals surface area contributed by atoms with Crippen LogP contribution in [0.5, 0.6) is 5.75 Å². The highest BCUT2D eigenvalue weighted by atomic mass is 16.5. The summed E-state index contributed by atoms with van der Waals surface area (Å²) in [6.45, 7) is 4.62. The Kier molecular flexibility index (Phi) is 9.34. The van der Waals surface area contributed by atoms with Gasteiger partial charge >= 0.3 is 5.97 Å². The molecule has 0 aliphatic heterocycles. The smallest absolute Gasteiger partial charge is 0.336 e. The van der Waals surface area contributed by atoms with Crippen LogP contribution in [0.3, 0.4) is 0 Å². The summed E-state index contributed by atoms with van der Waals surface area (Å²) in [5.74, 6) is -1.68. The number of rotatable bonds is 11. The average molecular weight is 565 g/mol. The van der Waals surface area contributed by atoms with Gasteiger partial charge in [-0.1, -0.05) is 68.4 Å². The Labute approximate surface area is 243 Å². The zero-order valence-corrected chi connectivity index (χ0v) is 23.3. The summed E-state index contributed by atoms with van der Waals surface area (Å²) >= 11 is 0. The normalized spacial score (nSPS) is 10.6. The van der Waals surface area contributed by atoms with Crippen molar-refractivity contribution in [2.24, 2.45) is 11.7 Å². The van der Waals surface area contributed by atoms with Crippen LogP contribution in [0.2, 0.25) is 0 Å². The first-order valence-electron chi connectivity index (χ1n) is 13.4. The van der Waals surface area contributed by atoms with E-state index in [0.29, 0.717) is 34.7 Å². The molecule has 4 rings (SSSR count). The molecule has 4 aromatic rings. The minimum Gasteiger partial charge on any atom is -0.488 e. The molecule has 0 bridgehead atoms. The average Bonchev–Trinajstić information content (AvgIpc) is 2.98. The van der Waals surface area contributed by atoms with Crippen molar-refractivity contribution in [3.63, 3.8) is 0 Å². The fraction of sp³-hybridized carbons (Fsp3) is 0.152. The molecule has 214 valence electrons. The highest BCUT2D eigenvalue weighted by molar-refractivity contribution is 6.11. The van der Waals surface area contributed by atoms with Gasteiger partial charge in [-0.2, -0.15) is 0 Å². The standard InChI is InChI=1S/C33H32N4O5/c1-20(2)18-36-31(38)22-12-14-25(28(16-22)33(40)41)24-10-6-7-11-26(24)32(39)37-23-13-15-27(30(34)35)29(17-23)42-19-21-8-4-3-5-9-21/h3-17,20H,18-19H2,1-2H3,(H3,34,35)(H,36,38)(H,37,39)(H,40,41). The summed E-state index contributed by atoms with van der Waals surface area (Å²) in [5.41, 5.74) is 8.50. The summed E-state index contributed by atoms with van der Waals surface area (Å²) in [4.78, 5) is 38.3. The number of nitrogen functional groups attached to an aromatic ring is 1.